The number of nitriles is 1. The Morgan fingerprint density at radius 1 is 0.485 bits per heavy atom. The molecule has 0 saturated heterocycles. The van der Waals surface area contributed by atoms with Crippen LogP contribution >= 0.6 is 0 Å². The first-order chi connectivity index (χ1) is 16.4. The second kappa shape index (κ2) is 6.69. The summed E-state index contributed by atoms with van der Waals surface area (Å²) in [5.41, 5.74) is 4.20. The van der Waals surface area contributed by atoms with Gasteiger partial charge in [-0.25, -0.2) is 0 Å². The number of nitrogens with zero attached hydrogens (tertiary/aromatic N) is 2. The van der Waals surface area contributed by atoms with E-state index in [1.807, 2.05) is 6.07 Å². The average molecular weight is 418 g/mol. The highest BCUT2D eigenvalue weighted by Crippen LogP contribution is 2.42. The molecular formula is C31H18N2. The van der Waals surface area contributed by atoms with Crippen LogP contribution in [0.25, 0.3) is 59.8 Å². The Bertz CT molecular complexity index is 1880. The van der Waals surface area contributed by atoms with Gasteiger partial charge in [0, 0.05) is 32.3 Å². The summed E-state index contributed by atoms with van der Waals surface area (Å²) in [4.78, 5) is 0. The third kappa shape index (κ3) is 2.37. The van der Waals surface area contributed by atoms with Gasteiger partial charge in [0.25, 0.3) is 0 Å². The second-order valence-corrected chi connectivity index (χ2v) is 8.46. The molecule has 0 radical (unpaired) electrons. The SMILES string of the molecule is N#Cc1c2ccccc2c(-n2c3ccccc3c3ccccc32)c2ccc3ccccc3c12. The third-order valence-corrected chi connectivity index (χ3v) is 6.80. The maximum atomic E-state index is 10.3. The van der Waals surface area contributed by atoms with E-state index in [1.54, 1.807) is 0 Å². The van der Waals surface area contributed by atoms with Crippen LogP contribution in [0.2, 0.25) is 0 Å². The van der Waals surface area contributed by atoms with Gasteiger partial charge in [-0.1, -0.05) is 97.1 Å². The summed E-state index contributed by atoms with van der Waals surface area (Å²) in [5.74, 6) is 0. The van der Waals surface area contributed by atoms with Crippen molar-refractivity contribution in [1.82, 2.24) is 4.57 Å². The number of aromatic nitrogens is 1. The van der Waals surface area contributed by atoms with Crippen LogP contribution in [0, 0.1) is 11.3 Å². The lowest BCUT2D eigenvalue weighted by molar-refractivity contribution is 1.21. The number of rotatable bonds is 1. The normalized spacial score (nSPS) is 11.6. The van der Waals surface area contributed by atoms with Gasteiger partial charge in [-0.3, -0.25) is 0 Å². The van der Waals surface area contributed by atoms with Gasteiger partial charge in [0.1, 0.15) is 6.07 Å². The third-order valence-electron chi connectivity index (χ3n) is 6.80. The fourth-order valence-corrected chi connectivity index (χ4v) is 5.45. The Hall–Kier alpha value is -4.61. The molecule has 0 aliphatic carbocycles. The van der Waals surface area contributed by atoms with Crippen molar-refractivity contribution in [3.8, 4) is 11.8 Å². The number of hydrogen-bond acceptors (Lipinski definition) is 1. The standard InChI is InChI=1S/C31H18N2/c32-19-27-22-11-3-4-14-25(22)31(26-18-17-20-9-1-2-10-21(20)30(26)27)33-28-15-7-5-12-23(28)24-13-6-8-16-29(24)33/h1-18H. The average Bonchev–Trinajstić information content (AvgIpc) is 3.21. The fourth-order valence-electron chi connectivity index (χ4n) is 5.45. The minimum absolute atomic E-state index is 0.738. The van der Waals surface area contributed by atoms with Crippen molar-refractivity contribution >= 4 is 54.1 Å². The molecule has 33 heavy (non-hydrogen) atoms. The van der Waals surface area contributed by atoms with Crippen molar-refractivity contribution in [2.75, 3.05) is 0 Å². The van der Waals surface area contributed by atoms with E-state index in [2.05, 4.69) is 114 Å². The van der Waals surface area contributed by atoms with Gasteiger partial charge < -0.3 is 4.57 Å². The van der Waals surface area contributed by atoms with E-state index < -0.39 is 0 Å². The zero-order valence-electron chi connectivity index (χ0n) is 17.8. The van der Waals surface area contributed by atoms with Crippen molar-refractivity contribution in [1.29, 1.82) is 5.26 Å². The Labute approximate surface area is 190 Å². The Balaban J connectivity index is 1.83. The first-order valence-electron chi connectivity index (χ1n) is 11.1. The summed E-state index contributed by atoms with van der Waals surface area (Å²) in [6.07, 6.45) is 0. The zero-order valence-corrected chi connectivity index (χ0v) is 17.8. The number of hydrogen-bond donors (Lipinski definition) is 0. The molecule has 0 amide bonds. The van der Waals surface area contributed by atoms with Gasteiger partial charge in [-0.2, -0.15) is 5.26 Å². The van der Waals surface area contributed by atoms with E-state index in [9.17, 15) is 5.26 Å². The van der Waals surface area contributed by atoms with Crippen molar-refractivity contribution < 1.29 is 0 Å². The Kier molecular flexibility index (Phi) is 3.65. The van der Waals surface area contributed by atoms with Crippen molar-refractivity contribution in [2.24, 2.45) is 0 Å². The number of benzene rings is 6. The number of fused-ring (bicyclic) bond motifs is 7. The second-order valence-electron chi connectivity index (χ2n) is 8.46. The van der Waals surface area contributed by atoms with E-state index in [0.717, 1.165) is 43.6 Å². The van der Waals surface area contributed by atoms with E-state index in [0.29, 0.717) is 0 Å². The molecule has 152 valence electrons. The van der Waals surface area contributed by atoms with Crippen LogP contribution in [0.15, 0.2) is 109 Å². The minimum atomic E-state index is 0.738. The lowest BCUT2D eigenvalue weighted by Gasteiger charge is -2.18. The number of para-hydroxylation sites is 2. The van der Waals surface area contributed by atoms with Crippen LogP contribution in [0.4, 0.5) is 0 Å². The lowest BCUT2D eigenvalue weighted by atomic mass is 9.91. The monoisotopic (exact) mass is 418 g/mol. The molecule has 0 spiro atoms. The molecule has 7 aromatic rings. The quantitative estimate of drug-likeness (QED) is 0.195. The molecule has 2 nitrogen and oxygen atoms in total. The van der Waals surface area contributed by atoms with E-state index in [4.69, 9.17) is 0 Å². The summed E-state index contributed by atoms with van der Waals surface area (Å²) < 4.78 is 2.38. The molecular weight excluding hydrogens is 400 g/mol. The van der Waals surface area contributed by atoms with Gasteiger partial charge in [-0.15, -0.1) is 0 Å². The van der Waals surface area contributed by atoms with Crippen LogP contribution in [0.5, 0.6) is 0 Å². The molecule has 0 saturated carbocycles. The molecule has 0 bridgehead atoms. The van der Waals surface area contributed by atoms with Crippen LogP contribution < -0.4 is 0 Å². The molecule has 6 aromatic carbocycles. The summed E-state index contributed by atoms with van der Waals surface area (Å²) in [5, 5.41) is 19.2. The highest BCUT2D eigenvalue weighted by molar-refractivity contribution is 6.22. The van der Waals surface area contributed by atoms with Gasteiger partial charge >= 0.3 is 0 Å². The first-order valence-corrected chi connectivity index (χ1v) is 11.1. The van der Waals surface area contributed by atoms with Gasteiger partial charge in [0.15, 0.2) is 0 Å². The summed E-state index contributed by atoms with van der Waals surface area (Å²) in [7, 11) is 0. The topological polar surface area (TPSA) is 28.7 Å². The minimum Gasteiger partial charge on any atom is -0.308 e. The van der Waals surface area contributed by atoms with Crippen LogP contribution in [-0.4, -0.2) is 4.57 Å². The highest BCUT2D eigenvalue weighted by Gasteiger charge is 2.20. The van der Waals surface area contributed by atoms with Crippen molar-refractivity contribution in [3.63, 3.8) is 0 Å². The molecule has 0 aliphatic rings. The Morgan fingerprint density at radius 3 is 1.70 bits per heavy atom. The summed E-state index contributed by atoms with van der Waals surface area (Å²) in [6, 6.07) is 40.7. The maximum Gasteiger partial charge on any atom is 0.100 e. The smallest absolute Gasteiger partial charge is 0.100 e. The van der Waals surface area contributed by atoms with E-state index in [-0.39, 0.29) is 0 Å². The van der Waals surface area contributed by atoms with Gasteiger partial charge in [0.2, 0.25) is 0 Å². The van der Waals surface area contributed by atoms with Gasteiger partial charge in [0.05, 0.1) is 22.3 Å². The Morgan fingerprint density at radius 2 is 1.03 bits per heavy atom. The van der Waals surface area contributed by atoms with E-state index in [1.165, 1.54) is 21.8 Å². The molecule has 0 aliphatic heterocycles. The predicted octanol–water partition coefficient (Wildman–Crippen LogP) is 8.11. The predicted molar refractivity (Wildman–Crippen MR) is 138 cm³/mol. The van der Waals surface area contributed by atoms with Crippen LogP contribution in [0.1, 0.15) is 5.56 Å². The van der Waals surface area contributed by atoms with Crippen LogP contribution in [0.3, 0.4) is 0 Å². The molecule has 1 heterocycles. The lowest BCUT2D eigenvalue weighted by Crippen LogP contribution is -1.99. The molecule has 1 aromatic heterocycles. The van der Waals surface area contributed by atoms with E-state index >= 15 is 0 Å². The largest absolute Gasteiger partial charge is 0.308 e. The molecule has 0 unspecified atom stereocenters. The first kappa shape index (κ1) is 18.0. The summed E-state index contributed by atoms with van der Waals surface area (Å²) >= 11 is 0. The van der Waals surface area contributed by atoms with Crippen molar-refractivity contribution in [3.05, 3.63) is 115 Å². The molecule has 7 rings (SSSR count). The van der Waals surface area contributed by atoms with Gasteiger partial charge in [-0.05, 0) is 22.9 Å². The molecule has 0 fully saturated rings. The zero-order chi connectivity index (χ0) is 21.9. The van der Waals surface area contributed by atoms with Crippen LogP contribution in [-0.2, 0) is 0 Å². The fraction of sp³-hybridized carbons (Fsp3) is 0. The maximum absolute atomic E-state index is 10.3. The summed E-state index contributed by atoms with van der Waals surface area (Å²) in [6.45, 7) is 0. The molecule has 0 atom stereocenters. The van der Waals surface area contributed by atoms with Crippen molar-refractivity contribution in [2.45, 2.75) is 0 Å². The highest BCUT2D eigenvalue weighted by atomic mass is 15.0. The molecule has 0 N–H and O–H groups in total. The molecule has 2 heteroatoms.